The first-order chi connectivity index (χ1) is 16.4. The molecule has 0 aliphatic carbocycles. The summed E-state index contributed by atoms with van der Waals surface area (Å²) in [4.78, 5) is 26.9. The second-order valence-corrected chi connectivity index (χ2v) is 9.99. The van der Waals surface area contributed by atoms with Crippen LogP contribution in [-0.4, -0.2) is 68.7 Å². The molecule has 2 aromatic carbocycles. The molecule has 0 saturated carbocycles. The molecule has 4 rings (SSSR count). The van der Waals surface area contributed by atoms with Crippen LogP contribution < -0.4 is 9.47 Å². The summed E-state index contributed by atoms with van der Waals surface area (Å²) in [5.74, 6) is 0.876. The van der Waals surface area contributed by atoms with Crippen LogP contribution in [0.15, 0.2) is 53.9 Å². The lowest BCUT2D eigenvalue weighted by Crippen LogP contribution is -2.50. The number of ether oxygens (including phenoxy) is 2. The Morgan fingerprint density at radius 1 is 0.882 bits per heavy atom. The molecule has 0 spiro atoms. The summed E-state index contributed by atoms with van der Waals surface area (Å²) in [6, 6.07) is 14.3. The fraction of sp³-hybridized carbons (Fsp3) is 0.360. The van der Waals surface area contributed by atoms with Crippen LogP contribution in [0, 0.1) is 0 Å². The third kappa shape index (κ3) is 6.03. The predicted octanol–water partition coefficient (Wildman–Crippen LogP) is 2.96. The Balaban J connectivity index is 1.26. The van der Waals surface area contributed by atoms with Crippen molar-refractivity contribution >= 4 is 27.8 Å². The van der Waals surface area contributed by atoms with Crippen molar-refractivity contribution in [2.75, 3.05) is 39.4 Å². The van der Waals surface area contributed by atoms with E-state index in [1.165, 1.54) is 9.71 Å². The van der Waals surface area contributed by atoms with E-state index in [2.05, 4.69) is 0 Å². The van der Waals surface area contributed by atoms with Gasteiger partial charge in [-0.05, 0) is 29.8 Å². The quantitative estimate of drug-likeness (QED) is 0.561. The van der Waals surface area contributed by atoms with Gasteiger partial charge in [-0.2, -0.15) is 4.31 Å². The largest absolute Gasteiger partial charge is 0.490 e. The molecule has 0 unspecified atom stereocenters. The Morgan fingerprint density at radius 3 is 2.32 bits per heavy atom. The van der Waals surface area contributed by atoms with Crippen LogP contribution in [0.25, 0.3) is 6.08 Å². The standard InChI is InChI=1S/C25H28N2O6S/c28-22(21-7-9-23-24(19-21)33-17-4-16-32-23)8-10-25(29)26-12-14-27(15-13-26)34(30,31)18-11-20-5-2-1-3-6-20/h1-3,5-7,9,11,18-19H,4,8,10,12-17H2. The maximum atomic E-state index is 12.6. The van der Waals surface area contributed by atoms with Gasteiger partial charge in [0.1, 0.15) is 0 Å². The fourth-order valence-electron chi connectivity index (χ4n) is 3.87. The molecule has 0 bridgehead atoms. The van der Waals surface area contributed by atoms with Crippen LogP contribution in [-0.2, 0) is 14.8 Å². The van der Waals surface area contributed by atoms with Crippen LogP contribution in [0.3, 0.4) is 0 Å². The highest BCUT2D eigenvalue weighted by molar-refractivity contribution is 7.92. The van der Waals surface area contributed by atoms with E-state index in [0.717, 1.165) is 12.0 Å². The molecular formula is C25H28N2O6S. The Hall–Kier alpha value is -3.17. The molecule has 2 aromatic rings. The van der Waals surface area contributed by atoms with Gasteiger partial charge in [-0.25, -0.2) is 8.42 Å². The number of hydrogen-bond acceptors (Lipinski definition) is 6. The number of amides is 1. The zero-order chi connectivity index (χ0) is 24.0. The number of carbonyl (C=O) groups excluding carboxylic acids is 2. The summed E-state index contributed by atoms with van der Waals surface area (Å²) < 4.78 is 37.8. The first kappa shape index (κ1) is 24.0. The van der Waals surface area contributed by atoms with Gasteiger partial charge in [0, 0.05) is 56.4 Å². The Bertz CT molecular complexity index is 1160. The van der Waals surface area contributed by atoms with Crippen molar-refractivity contribution in [3.63, 3.8) is 0 Å². The number of hydrogen-bond donors (Lipinski definition) is 0. The van der Waals surface area contributed by atoms with E-state index in [0.29, 0.717) is 43.4 Å². The molecule has 0 aromatic heterocycles. The maximum Gasteiger partial charge on any atom is 0.236 e. The lowest BCUT2D eigenvalue weighted by atomic mass is 10.1. The van der Waals surface area contributed by atoms with E-state index in [1.54, 1.807) is 29.2 Å². The number of fused-ring (bicyclic) bond motifs is 1. The minimum atomic E-state index is -3.56. The van der Waals surface area contributed by atoms with E-state index in [9.17, 15) is 18.0 Å². The van der Waals surface area contributed by atoms with Crippen molar-refractivity contribution < 1.29 is 27.5 Å². The Labute approximate surface area is 199 Å². The fourth-order valence-corrected chi connectivity index (χ4v) is 5.04. The summed E-state index contributed by atoms with van der Waals surface area (Å²) in [7, 11) is -3.56. The van der Waals surface area contributed by atoms with E-state index in [-0.39, 0.29) is 37.6 Å². The van der Waals surface area contributed by atoms with Gasteiger partial charge in [0.05, 0.1) is 13.2 Å². The van der Waals surface area contributed by atoms with Gasteiger partial charge in [0.25, 0.3) is 0 Å². The molecule has 2 aliphatic heterocycles. The number of benzene rings is 2. The van der Waals surface area contributed by atoms with Gasteiger partial charge < -0.3 is 14.4 Å². The molecule has 9 heteroatoms. The summed E-state index contributed by atoms with van der Waals surface area (Å²) >= 11 is 0. The first-order valence-corrected chi connectivity index (χ1v) is 12.9. The van der Waals surface area contributed by atoms with Crippen LogP contribution in [0.2, 0.25) is 0 Å². The zero-order valence-corrected chi connectivity index (χ0v) is 19.7. The summed E-state index contributed by atoms with van der Waals surface area (Å²) in [5.41, 5.74) is 1.29. The molecule has 1 fully saturated rings. The molecular weight excluding hydrogens is 456 g/mol. The van der Waals surface area contributed by atoms with E-state index in [1.807, 2.05) is 30.3 Å². The number of rotatable bonds is 7. The number of Topliss-reactive ketones (excluding diaryl/α,β-unsaturated/α-hetero) is 1. The topological polar surface area (TPSA) is 93.2 Å². The molecule has 0 N–H and O–H groups in total. The van der Waals surface area contributed by atoms with Gasteiger partial charge in [0.2, 0.25) is 15.9 Å². The maximum absolute atomic E-state index is 12.6. The van der Waals surface area contributed by atoms with E-state index >= 15 is 0 Å². The number of carbonyl (C=O) groups is 2. The van der Waals surface area contributed by atoms with Crippen molar-refractivity contribution in [3.05, 3.63) is 65.1 Å². The Morgan fingerprint density at radius 2 is 1.59 bits per heavy atom. The average molecular weight is 485 g/mol. The third-order valence-electron chi connectivity index (χ3n) is 5.82. The number of sulfonamides is 1. The van der Waals surface area contributed by atoms with Crippen molar-refractivity contribution in [3.8, 4) is 11.5 Å². The zero-order valence-electron chi connectivity index (χ0n) is 18.9. The molecule has 8 nitrogen and oxygen atoms in total. The highest BCUT2D eigenvalue weighted by Crippen LogP contribution is 2.31. The lowest BCUT2D eigenvalue weighted by Gasteiger charge is -2.33. The monoisotopic (exact) mass is 484 g/mol. The number of ketones is 1. The molecule has 2 heterocycles. The first-order valence-electron chi connectivity index (χ1n) is 11.4. The third-order valence-corrected chi connectivity index (χ3v) is 7.38. The van der Waals surface area contributed by atoms with Crippen molar-refractivity contribution in [1.29, 1.82) is 0 Å². The number of piperazine rings is 1. The van der Waals surface area contributed by atoms with Gasteiger partial charge in [-0.15, -0.1) is 0 Å². The average Bonchev–Trinajstić information content (AvgIpc) is 3.11. The highest BCUT2D eigenvalue weighted by Gasteiger charge is 2.27. The van der Waals surface area contributed by atoms with Crippen LogP contribution >= 0.6 is 0 Å². The molecule has 34 heavy (non-hydrogen) atoms. The SMILES string of the molecule is O=C(CCC(=O)N1CCN(S(=O)(=O)C=Cc2ccccc2)CC1)c1ccc2c(c1)OCCCO2. The molecule has 1 amide bonds. The molecule has 0 radical (unpaired) electrons. The number of nitrogens with zero attached hydrogens (tertiary/aromatic N) is 2. The molecule has 1 saturated heterocycles. The second kappa shape index (κ2) is 10.8. The lowest BCUT2D eigenvalue weighted by molar-refractivity contribution is -0.132. The molecule has 0 atom stereocenters. The molecule has 180 valence electrons. The second-order valence-electron chi connectivity index (χ2n) is 8.17. The summed E-state index contributed by atoms with van der Waals surface area (Å²) in [6.07, 6.45) is 2.51. The van der Waals surface area contributed by atoms with Crippen LogP contribution in [0.1, 0.15) is 35.2 Å². The Kier molecular flexibility index (Phi) is 7.64. The van der Waals surface area contributed by atoms with Crippen LogP contribution in [0.4, 0.5) is 0 Å². The van der Waals surface area contributed by atoms with Crippen molar-refractivity contribution in [1.82, 2.24) is 9.21 Å². The van der Waals surface area contributed by atoms with E-state index < -0.39 is 10.0 Å². The van der Waals surface area contributed by atoms with Crippen molar-refractivity contribution in [2.24, 2.45) is 0 Å². The highest BCUT2D eigenvalue weighted by atomic mass is 32.2. The van der Waals surface area contributed by atoms with Gasteiger partial charge in [0.15, 0.2) is 17.3 Å². The summed E-state index contributed by atoms with van der Waals surface area (Å²) in [5, 5.41) is 1.20. The smallest absolute Gasteiger partial charge is 0.236 e. The molecule has 2 aliphatic rings. The van der Waals surface area contributed by atoms with Gasteiger partial charge in [-0.3, -0.25) is 9.59 Å². The van der Waals surface area contributed by atoms with Gasteiger partial charge >= 0.3 is 0 Å². The van der Waals surface area contributed by atoms with Crippen molar-refractivity contribution in [2.45, 2.75) is 19.3 Å². The van der Waals surface area contributed by atoms with E-state index in [4.69, 9.17) is 9.47 Å². The minimum absolute atomic E-state index is 0.0773. The summed E-state index contributed by atoms with van der Waals surface area (Å²) in [6.45, 7) is 2.16. The minimum Gasteiger partial charge on any atom is -0.490 e. The predicted molar refractivity (Wildman–Crippen MR) is 128 cm³/mol. The van der Waals surface area contributed by atoms with Gasteiger partial charge in [-0.1, -0.05) is 30.3 Å². The normalized spacial score (nSPS) is 16.9. The van der Waals surface area contributed by atoms with Crippen LogP contribution in [0.5, 0.6) is 11.5 Å².